The Labute approximate surface area is 119 Å². The zero-order chi connectivity index (χ0) is 13.8. The minimum Gasteiger partial charge on any atom is -0.312 e. The second kappa shape index (κ2) is 6.69. The van der Waals surface area contributed by atoms with Gasteiger partial charge in [-0.15, -0.1) is 0 Å². The van der Waals surface area contributed by atoms with E-state index in [2.05, 4.69) is 24.1 Å². The van der Waals surface area contributed by atoms with E-state index >= 15 is 0 Å². The van der Waals surface area contributed by atoms with Gasteiger partial charge in [-0.05, 0) is 37.6 Å². The monoisotopic (exact) mass is 284 g/mol. The molecule has 19 heavy (non-hydrogen) atoms. The van der Waals surface area contributed by atoms with Crippen LogP contribution in [-0.4, -0.2) is 30.6 Å². The van der Waals surface area contributed by atoms with Crippen LogP contribution in [0.1, 0.15) is 25.8 Å². The van der Waals surface area contributed by atoms with Crippen LogP contribution in [0.15, 0.2) is 18.2 Å². The van der Waals surface area contributed by atoms with Gasteiger partial charge in [0.25, 0.3) is 0 Å². The van der Waals surface area contributed by atoms with Gasteiger partial charge in [-0.1, -0.05) is 31.5 Å². The highest BCUT2D eigenvalue weighted by molar-refractivity contribution is 6.30. The summed E-state index contributed by atoms with van der Waals surface area (Å²) in [5.41, 5.74) is 0.730. The highest BCUT2D eigenvalue weighted by Gasteiger charge is 2.20. The van der Waals surface area contributed by atoms with E-state index in [0.29, 0.717) is 23.5 Å². The van der Waals surface area contributed by atoms with Crippen molar-refractivity contribution in [3.63, 3.8) is 0 Å². The molecule has 0 saturated carbocycles. The van der Waals surface area contributed by atoms with Crippen molar-refractivity contribution in [2.45, 2.75) is 32.9 Å². The van der Waals surface area contributed by atoms with Crippen LogP contribution in [0.3, 0.4) is 0 Å². The van der Waals surface area contributed by atoms with Crippen LogP contribution >= 0.6 is 11.6 Å². The summed E-state index contributed by atoms with van der Waals surface area (Å²) in [6.45, 7) is 8.14. The first-order valence-electron chi connectivity index (χ1n) is 6.96. The number of hydrogen-bond donors (Lipinski definition) is 1. The van der Waals surface area contributed by atoms with Gasteiger partial charge in [0.2, 0.25) is 0 Å². The third-order valence-electron chi connectivity index (χ3n) is 3.73. The van der Waals surface area contributed by atoms with Crippen molar-refractivity contribution in [3.05, 3.63) is 34.6 Å². The summed E-state index contributed by atoms with van der Waals surface area (Å²) >= 11 is 5.79. The molecule has 1 unspecified atom stereocenters. The second-order valence-electron chi connectivity index (χ2n) is 5.63. The van der Waals surface area contributed by atoms with Gasteiger partial charge in [0.05, 0.1) is 0 Å². The van der Waals surface area contributed by atoms with Gasteiger partial charge >= 0.3 is 0 Å². The van der Waals surface area contributed by atoms with Crippen LogP contribution in [-0.2, 0) is 6.54 Å². The third-order valence-corrected chi connectivity index (χ3v) is 3.96. The molecule has 1 N–H and O–H groups in total. The van der Waals surface area contributed by atoms with Crippen molar-refractivity contribution in [1.82, 2.24) is 10.2 Å². The molecule has 0 aromatic heterocycles. The van der Waals surface area contributed by atoms with Crippen molar-refractivity contribution in [1.29, 1.82) is 0 Å². The van der Waals surface area contributed by atoms with E-state index in [9.17, 15) is 4.39 Å². The first kappa shape index (κ1) is 14.8. The Morgan fingerprint density at radius 3 is 2.95 bits per heavy atom. The molecule has 1 aromatic carbocycles. The summed E-state index contributed by atoms with van der Waals surface area (Å²) in [5, 5.41) is 4.02. The molecule has 2 nitrogen and oxygen atoms in total. The SMILES string of the molecule is CC(C)C1CN(Cc2ccc(Cl)cc2F)CCCN1. The number of benzene rings is 1. The van der Waals surface area contributed by atoms with Crippen molar-refractivity contribution in [2.24, 2.45) is 5.92 Å². The number of rotatable bonds is 3. The average Bonchev–Trinajstić information content (AvgIpc) is 2.58. The summed E-state index contributed by atoms with van der Waals surface area (Å²) in [6, 6.07) is 5.43. The van der Waals surface area contributed by atoms with Crippen molar-refractivity contribution < 1.29 is 4.39 Å². The summed E-state index contributed by atoms with van der Waals surface area (Å²) in [6.07, 6.45) is 1.11. The average molecular weight is 285 g/mol. The maximum absolute atomic E-state index is 13.8. The summed E-state index contributed by atoms with van der Waals surface area (Å²) < 4.78 is 13.8. The van der Waals surface area contributed by atoms with E-state index in [1.807, 2.05) is 0 Å². The van der Waals surface area contributed by atoms with E-state index in [0.717, 1.165) is 31.6 Å². The molecular weight excluding hydrogens is 263 g/mol. The Morgan fingerprint density at radius 2 is 2.26 bits per heavy atom. The Morgan fingerprint density at radius 1 is 1.47 bits per heavy atom. The van der Waals surface area contributed by atoms with E-state index in [1.54, 1.807) is 12.1 Å². The molecular formula is C15H22ClFN2. The Balaban J connectivity index is 2.04. The number of nitrogens with one attached hydrogen (secondary N) is 1. The van der Waals surface area contributed by atoms with Crippen LogP contribution in [0, 0.1) is 11.7 Å². The van der Waals surface area contributed by atoms with Crippen molar-refractivity contribution >= 4 is 11.6 Å². The Bertz CT molecular complexity index is 423. The number of halogens is 2. The van der Waals surface area contributed by atoms with Crippen LogP contribution < -0.4 is 5.32 Å². The largest absolute Gasteiger partial charge is 0.312 e. The van der Waals surface area contributed by atoms with Gasteiger partial charge in [-0.3, -0.25) is 4.90 Å². The quantitative estimate of drug-likeness (QED) is 0.916. The molecule has 2 rings (SSSR count). The fourth-order valence-electron chi connectivity index (χ4n) is 2.51. The second-order valence-corrected chi connectivity index (χ2v) is 6.07. The standard InChI is InChI=1S/C15H22ClFN2/c1-11(2)15-10-19(7-3-6-18-15)9-12-4-5-13(16)8-14(12)17/h4-5,8,11,15,18H,3,6-7,9-10H2,1-2H3. The molecule has 0 aliphatic carbocycles. The number of nitrogens with zero attached hydrogens (tertiary/aromatic N) is 1. The van der Waals surface area contributed by atoms with Gasteiger partial charge in [0, 0.05) is 29.7 Å². The van der Waals surface area contributed by atoms with E-state index in [4.69, 9.17) is 11.6 Å². The minimum atomic E-state index is -0.203. The van der Waals surface area contributed by atoms with E-state index in [1.165, 1.54) is 6.07 Å². The maximum atomic E-state index is 13.8. The predicted molar refractivity (Wildman–Crippen MR) is 77.9 cm³/mol. The Kier molecular flexibility index (Phi) is 5.20. The predicted octanol–water partition coefficient (Wildman–Crippen LogP) is 3.30. The normalized spacial score (nSPS) is 21.6. The molecule has 0 bridgehead atoms. The molecule has 1 atom stereocenters. The topological polar surface area (TPSA) is 15.3 Å². The molecule has 0 spiro atoms. The first-order chi connectivity index (χ1) is 9.06. The fraction of sp³-hybridized carbons (Fsp3) is 0.600. The van der Waals surface area contributed by atoms with Gasteiger partial charge in [0.1, 0.15) is 5.82 Å². The molecule has 1 aliphatic heterocycles. The maximum Gasteiger partial charge on any atom is 0.129 e. The highest BCUT2D eigenvalue weighted by Crippen LogP contribution is 2.18. The molecule has 1 aromatic rings. The molecule has 106 valence electrons. The van der Waals surface area contributed by atoms with E-state index < -0.39 is 0 Å². The molecule has 1 fully saturated rings. The lowest BCUT2D eigenvalue weighted by Gasteiger charge is -2.26. The highest BCUT2D eigenvalue weighted by atomic mass is 35.5. The molecule has 1 heterocycles. The van der Waals surface area contributed by atoms with Crippen LogP contribution in [0.2, 0.25) is 5.02 Å². The zero-order valence-corrected chi connectivity index (χ0v) is 12.4. The summed E-state index contributed by atoms with van der Waals surface area (Å²) in [4.78, 5) is 2.33. The molecule has 1 saturated heterocycles. The van der Waals surface area contributed by atoms with Gasteiger partial charge < -0.3 is 5.32 Å². The van der Waals surface area contributed by atoms with Crippen molar-refractivity contribution in [3.8, 4) is 0 Å². The fourth-order valence-corrected chi connectivity index (χ4v) is 2.66. The summed E-state index contributed by atoms with van der Waals surface area (Å²) in [7, 11) is 0. The first-order valence-corrected chi connectivity index (χ1v) is 7.33. The van der Waals surface area contributed by atoms with E-state index in [-0.39, 0.29) is 5.82 Å². The van der Waals surface area contributed by atoms with Crippen LogP contribution in [0.25, 0.3) is 0 Å². The number of hydrogen-bond acceptors (Lipinski definition) is 2. The molecule has 4 heteroatoms. The third kappa shape index (κ3) is 4.16. The smallest absolute Gasteiger partial charge is 0.129 e. The van der Waals surface area contributed by atoms with Gasteiger partial charge in [-0.25, -0.2) is 4.39 Å². The molecule has 1 aliphatic rings. The Hall–Kier alpha value is -0.640. The summed E-state index contributed by atoms with van der Waals surface area (Å²) in [5.74, 6) is 0.390. The van der Waals surface area contributed by atoms with Crippen LogP contribution in [0.5, 0.6) is 0 Å². The lowest BCUT2D eigenvalue weighted by molar-refractivity contribution is 0.236. The van der Waals surface area contributed by atoms with Crippen LogP contribution in [0.4, 0.5) is 4.39 Å². The van der Waals surface area contributed by atoms with Crippen molar-refractivity contribution in [2.75, 3.05) is 19.6 Å². The van der Waals surface area contributed by atoms with Gasteiger partial charge in [-0.2, -0.15) is 0 Å². The zero-order valence-electron chi connectivity index (χ0n) is 11.6. The lowest BCUT2D eigenvalue weighted by Crippen LogP contribution is -2.41. The molecule has 0 radical (unpaired) electrons. The lowest BCUT2D eigenvalue weighted by atomic mass is 10.0. The minimum absolute atomic E-state index is 0.203. The molecule has 0 amide bonds. The van der Waals surface area contributed by atoms with Gasteiger partial charge in [0.15, 0.2) is 0 Å².